The number of carbonyl (C=O) groups excluding carboxylic acids is 1. The number of methoxy groups -OCH3 is 1. The van der Waals surface area contributed by atoms with Crippen LogP contribution in [0.2, 0.25) is 5.02 Å². The smallest absolute Gasteiger partial charge is 0.233 e. The van der Waals surface area contributed by atoms with Crippen molar-refractivity contribution in [2.75, 3.05) is 25.2 Å². The van der Waals surface area contributed by atoms with Crippen LogP contribution in [0.4, 0.5) is 5.13 Å². The van der Waals surface area contributed by atoms with Crippen molar-refractivity contribution in [2.24, 2.45) is 0 Å². The van der Waals surface area contributed by atoms with Gasteiger partial charge in [-0.2, -0.15) is 0 Å². The summed E-state index contributed by atoms with van der Waals surface area (Å²) in [6.45, 7) is 1.16. The van der Waals surface area contributed by atoms with E-state index in [0.29, 0.717) is 23.9 Å². The summed E-state index contributed by atoms with van der Waals surface area (Å²) in [6, 6.07) is 15.4. The lowest BCUT2D eigenvalue weighted by atomic mass is 10.2. The molecule has 2 aromatic carbocycles. The number of nitrogens with zero attached hydrogens (tertiary/aromatic N) is 3. The van der Waals surface area contributed by atoms with Gasteiger partial charge >= 0.3 is 0 Å². The van der Waals surface area contributed by atoms with Crippen LogP contribution >= 0.6 is 34.7 Å². The average molecular weight is 449 g/mol. The molecule has 1 N–H and O–H groups in total. The van der Waals surface area contributed by atoms with Gasteiger partial charge in [-0.25, -0.2) is 0 Å². The topological polar surface area (TPSA) is 67.3 Å². The van der Waals surface area contributed by atoms with Crippen LogP contribution in [0.5, 0.6) is 5.75 Å². The van der Waals surface area contributed by atoms with Crippen molar-refractivity contribution in [1.29, 1.82) is 0 Å². The molecule has 152 valence electrons. The molecule has 29 heavy (non-hydrogen) atoms. The van der Waals surface area contributed by atoms with E-state index in [0.717, 1.165) is 26.3 Å². The molecule has 1 heterocycles. The zero-order valence-electron chi connectivity index (χ0n) is 16.1. The van der Waals surface area contributed by atoms with E-state index in [-0.39, 0.29) is 5.91 Å². The van der Waals surface area contributed by atoms with Crippen molar-refractivity contribution in [1.82, 2.24) is 15.1 Å². The number of anilines is 1. The van der Waals surface area contributed by atoms with E-state index in [1.165, 1.54) is 23.1 Å². The quantitative estimate of drug-likeness (QED) is 0.484. The summed E-state index contributed by atoms with van der Waals surface area (Å²) in [7, 11) is 3.43. The molecule has 0 aliphatic rings. The molecule has 1 amide bonds. The molecule has 0 unspecified atom stereocenters. The number of ether oxygens (including phenoxy) is 1. The van der Waals surface area contributed by atoms with E-state index < -0.39 is 0 Å². The number of hydrogen-bond donors (Lipinski definition) is 1. The molecule has 1 aromatic heterocycles. The third-order valence-corrected chi connectivity index (χ3v) is 6.30. The Morgan fingerprint density at radius 3 is 2.72 bits per heavy atom. The first kappa shape index (κ1) is 21.4. The summed E-state index contributed by atoms with van der Waals surface area (Å²) in [6.07, 6.45) is 0. The summed E-state index contributed by atoms with van der Waals surface area (Å²) < 4.78 is 5.91. The van der Waals surface area contributed by atoms with Crippen LogP contribution in [0.1, 0.15) is 11.1 Å². The number of nitrogens with one attached hydrogen (secondary N) is 1. The minimum atomic E-state index is 0.0258. The van der Waals surface area contributed by atoms with Crippen molar-refractivity contribution in [3.63, 3.8) is 0 Å². The number of amides is 1. The number of thioether (sulfide) groups is 1. The highest BCUT2D eigenvalue weighted by molar-refractivity contribution is 8.01. The third kappa shape index (κ3) is 6.62. The first-order valence-electron chi connectivity index (χ1n) is 8.85. The highest BCUT2D eigenvalue weighted by Gasteiger charge is 2.12. The van der Waals surface area contributed by atoms with E-state index in [4.69, 9.17) is 16.3 Å². The summed E-state index contributed by atoms with van der Waals surface area (Å²) >= 11 is 8.82. The lowest BCUT2D eigenvalue weighted by molar-refractivity contribution is -0.127. The van der Waals surface area contributed by atoms with Gasteiger partial charge in [0.2, 0.25) is 11.0 Å². The van der Waals surface area contributed by atoms with E-state index >= 15 is 0 Å². The van der Waals surface area contributed by atoms with Gasteiger partial charge in [0.1, 0.15) is 5.75 Å². The largest absolute Gasteiger partial charge is 0.497 e. The molecule has 3 rings (SSSR count). The fourth-order valence-electron chi connectivity index (χ4n) is 2.49. The molecular weight excluding hydrogens is 428 g/mol. The number of aromatic nitrogens is 2. The maximum Gasteiger partial charge on any atom is 0.233 e. The van der Waals surface area contributed by atoms with Gasteiger partial charge in [-0.1, -0.05) is 59.0 Å². The van der Waals surface area contributed by atoms with E-state index in [2.05, 4.69) is 15.5 Å². The molecule has 0 atom stereocenters. The third-order valence-electron chi connectivity index (χ3n) is 4.06. The second-order valence-electron chi connectivity index (χ2n) is 6.24. The minimum absolute atomic E-state index is 0.0258. The molecule has 0 bridgehead atoms. The molecule has 0 fully saturated rings. The molecular formula is C20H21ClN4O2S2. The van der Waals surface area contributed by atoms with Crippen molar-refractivity contribution < 1.29 is 9.53 Å². The fourth-order valence-corrected chi connectivity index (χ4v) is 4.39. The number of benzene rings is 2. The van der Waals surface area contributed by atoms with Gasteiger partial charge in [0.05, 0.1) is 12.9 Å². The van der Waals surface area contributed by atoms with Crippen LogP contribution in [-0.2, 0) is 17.9 Å². The molecule has 0 aliphatic carbocycles. The molecule has 0 radical (unpaired) electrons. The summed E-state index contributed by atoms with van der Waals surface area (Å²) in [5, 5.41) is 12.9. The van der Waals surface area contributed by atoms with Crippen molar-refractivity contribution in [3.05, 3.63) is 64.7 Å². The lowest BCUT2D eigenvalue weighted by Crippen LogP contribution is -2.27. The lowest BCUT2D eigenvalue weighted by Gasteiger charge is -2.16. The standard InChI is InChI=1S/C20H21ClN4O2S2/c1-25(12-15-4-3-5-16(21)10-15)18(26)13-28-20-24-23-19(29-20)22-11-14-6-8-17(27-2)9-7-14/h3-10H,11-13H2,1-2H3,(H,22,23). The van der Waals surface area contributed by atoms with Crippen molar-refractivity contribution in [2.45, 2.75) is 17.4 Å². The second kappa shape index (κ2) is 10.5. The van der Waals surface area contributed by atoms with E-state index in [1.807, 2.05) is 48.5 Å². The minimum Gasteiger partial charge on any atom is -0.497 e. The molecule has 6 nitrogen and oxygen atoms in total. The van der Waals surface area contributed by atoms with Crippen LogP contribution in [0.25, 0.3) is 0 Å². The second-order valence-corrected chi connectivity index (χ2v) is 8.88. The molecule has 0 aliphatic heterocycles. The van der Waals surface area contributed by atoms with Gasteiger partial charge < -0.3 is 15.0 Å². The number of rotatable bonds is 9. The van der Waals surface area contributed by atoms with Crippen LogP contribution in [-0.4, -0.2) is 40.9 Å². The van der Waals surface area contributed by atoms with Gasteiger partial charge in [-0.15, -0.1) is 10.2 Å². The number of carbonyl (C=O) groups is 1. The first-order valence-corrected chi connectivity index (χ1v) is 11.0. The SMILES string of the molecule is COc1ccc(CNc2nnc(SCC(=O)N(C)Cc3cccc(Cl)c3)s2)cc1. The Morgan fingerprint density at radius 2 is 2.00 bits per heavy atom. The van der Waals surface area contributed by atoms with E-state index in [1.54, 1.807) is 19.1 Å². The predicted molar refractivity (Wildman–Crippen MR) is 119 cm³/mol. The maximum atomic E-state index is 12.4. The molecule has 9 heteroatoms. The zero-order chi connectivity index (χ0) is 20.6. The Bertz CT molecular complexity index is 950. The van der Waals surface area contributed by atoms with Gasteiger partial charge in [-0.3, -0.25) is 4.79 Å². The summed E-state index contributed by atoms with van der Waals surface area (Å²) in [5.41, 5.74) is 2.12. The summed E-state index contributed by atoms with van der Waals surface area (Å²) in [4.78, 5) is 14.1. The number of halogens is 1. The molecule has 3 aromatic rings. The van der Waals surface area contributed by atoms with Crippen LogP contribution < -0.4 is 10.1 Å². The molecule has 0 saturated heterocycles. The van der Waals surface area contributed by atoms with Gasteiger partial charge in [0.25, 0.3) is 0 Å². The zero-order valence-corrected chi connectivity index (χ0v) is 18.5. The number of hydrogen-bond acceptors (Lipinski definition) is 7. The Kier molecular flexibility index (Phi) is 7.74. The molecule has 0 spiro atoms. The summed E-state index contributed by atoms with van der Waals surface area (Å²) in [5.74, 6) is 1.16. The van der Waals surface area contributed by atoms with Crippen LogP contribution in [0.3, 0.4) is 0 Å². The fraction of sp³-hybridized carbons (Fsp3) is 0.250. The Morgan fingerprint density at radius 1 is 1.21 bits per heavy atom. The Balaban J connectivity index is 1.44. The predicted octanol–water partition coefficient (Wildman–Crippen LogP) is 4.56. The highest BCUT2D eigenvalue weighted by Crippen LogP contribution is 2.26. The van der Waals surface area contributed by atoms with Crippen molar-refractivity contribution in [3.8, 4) is 5.75 Å². The highest BCUT2D eigenvalue weighted by atomic mass is 35.5. The van der Waals surface area contributed by atoms with Crippen LogP contribution in [0.15, 0.2) is 52.9 Å². The van der Waals surface area contributed by atoms with Crippen molar-refractivity contribution >= 4 is 45.7 Å². The average Bonchev–Trinajstić information content (AvgIpc) is 3.18. The normalized spacial score (nSPS) is 10.6. The van der Waals surface area contributed by atoms with Gasteiger partial charge in [0.15, 0.2) is 4.34 Å². The Hall–Kier alpha value is -2.29. The first-order chi connectivity index (χ1) is 14.0. The Labute approximate surface area is 183 Å². The molecule has 0 saturated carbocycles. The van der Waals surface area contributed by atoms with Gasteiger partial charge in [-0.05, 0) is 35.4 Å². The monoisotopic (exact) mass is 448 g/mol. The maximum absolute atomic E-state index is 12.4. The van der Waals surface area contributed by atoms with Crippen LogP contribution in [0, 0.1) is 0 Å². The van der Waals surface area contributed by atoms with E-state index in [9.17, 15) is 4.79 Å². The van der Waals surface area contributed by atoms with Gasteiger partial charge in [0, 0.05) is 25.2 Å².